The van der Waals surface area contributed by atoms with Crippen LogP contribution in [0.2, 0.25) is 0 Å². The Balaban J connectivity index is 0.00000196. The third-order valence-electron chi connectivity index (χ3n) is 1.63. The lowest BCUT2D eigenvalue weighted by molar-refractivity contribution is -0.115. The highest BCUT2D eigenvalue weighted by Gasteiger charge is 2.02. The standard InChI is InChI=1S/C9H12IN3O.ClH/c1-6-7(10)3-4-8(12-6)13-9(14)5-11-2;/h3-4,11H,5H2,1-2H3,(H,12,13,14);1H. The van der Waals surface area contributed by atoms with Gasteiger partial charge < -0.3 is 10.6 Å². The molecule has 15 heavy (non-hydrogen) atoms. The van der Waals surface area contributed by atoms with Crippen molar-refractivity contribution in [2.24, 2.45) is 0 Å². The predicted octanol–water partition coefficient (Wildman–Crippen LogP) is 1.57. The van der Waals surface area contributed by atoms with Crippen molar-refractivity contribution in [2.75, 3.05) is 18.9 Å². The van der Waals surface area contributed by atoms with Crippen molar-refractivity contribution in [3.05, 3.63) is 21.4 Å². The smallest absolute Gasteiger partial charge is 0.239 e. The van der Waals surface area contributed by atoms with Gasteiger partial charge >= 0.3 is 0 Å². The van der Waals surface area contributed by atoms with E-state index in [1.165, 1.54) is 0 Å². The Bertz CT molecular complexity index is 346. The first-order chi connectivity index (χ1) is 6.63. The van der Waals surface area contributed by atoms with E-state index in [1.807, 2.05) is 13.0 Å². The Kier molecular flexibility index (Phi) is 6.78. The minimum atomic E-state index is -0.0828. The molecule has 0 unspecified atom stereocenters. The molecule has 0 bridgehead atoms. The number of hydrogen-bond donors (Lipinski definition) is 2. The van der Waals surface area contributed by atoms with Gasteiger partial charge in [-0.05, 0) is 48.7 Å². The van der Waals surface area contributed by atoms with Crippen molar-refractivity contribution in [1.29, 1.82) is 0 Å². The largest absolute Gasteiger partial charge is 0.311 e. The molecule has 1 rings (SSSR count). The van der Waals surface area contributed by atoms with Crippen molar-refractivity contribution in [3.63, 3.8) is 0 Å². The van der Waals surface area contributed by atoms with E-state index in [-0.39, 0.29) is 18.3 Å². The zero-order chi connectivity index (χ0) is 10.6. The first-order valence-corrected chi connectivity index (χ1v) is 5.29. The van der Waals surface area contributed by atoms with Crippen molar-refractivity contribution in [3.8, 4) is 0 Å². The fraction of sp³-hybridized carbons (Fsp3) is 0.333. The molecule has 0 aliphatic rings. The molecule has 1 amide bonds. The molecule has 1 aromatic rings. The van der Waals surface area contributed by atoms with E-state index in [1.54, 1.807) is 13.1 Å². The first-order valence-electron chi connectivity index (χ1n) is 4.21. The lowest BCUT2D eigenvalue weighted by atomic mass is 10.4. The number of amides is 1. The summed E-state index contributed by atoms with van der Waals surface area (Å²) in [4.78, 5) is 15.4. The summed E-state index contributed by atoms with van der Waals surface area (Å²) in [6.07, 6.45) is 0. The van der Waals surface area contributed by atoms with Crippen molar-refractivity contribution < 1.29 is 4.79 Å². The third kappa shape index (κ3) is 4.76. The molecule has 0 spiro atoms. The van der Waals surface area contributed by atoms with Gasteiger partial charge in [0.15, 0.2) is 0 Å². The number of carbonyl (C=O) groups excluding carboxylic acids is 1. The molecule has 0 saturated heterocycles. The van der Waals surface area contributed by atoms with Gasteiger partial charge in [0.2, 0.25) is 5.91 Å². The molecule has 0 aliphatic heterocycles. The molecule has 1 heterocycles. The molecule has 2 N–H and O–H groups in total. The monoisotopic (exact) mass is 341 g/mol. The predicted molar refractivity (Wildman–Crippen MR) is 71.5 cm³/mol. The summed E-state index contributed by atoms with van der Waals surface area (Å²) in [5.74, 6) is 0.517. The number of rotatable bonds is 3. The van der Waals surface area contributed by atoms with Gasteiger partial charge in [0.25, 0.3) is 0 Å². The number of likely N-dealkylation sites (N-methyl/N-ethyl adjacent to an activating group) is 1. The molecule has 0 aliphatic carbocycles. The molecule has 4 nitrogen and oxygen atoms in total. The van der Waals surface area contributed by atoms with E-state index in [9.17, 15) is 4.79 Å². The topological polar surface area (TPSA) is 54.0 Å². The van der Waals surface area contributed by atoms with Gasteiger partial charge in [-0.3, -0.25) is 4.79 Å². The molecule has 0 aromatic carbocycles. The third-order valence-corrected chi connectivity index (χ3v) is 2.77. The van der Waals surface area contributed by atoms with E-state index in [4.69, 9.17) is 0 Å². The van der Waals surface area contributed by atoms with Gasteiger partial charge in [-0.25, -0.2) is 4.98 Å². The minimum Gasteiger partial charge on any atom is -0.311 e. The van der Waals surface area contributed by atoms with Crippen LogP contribution in [0.25, 0.3) is 0 Å². The molecule has 0 saturated carbocycles. The Labute approximate surface area is 109 Å². The molecular formula is C9H13ClIN3O. The number of pyridine rings is 1. The second-order valence-electron chi connectivity index (χ2n) is 2.84. The molecular weight excluding hydrogens is 328 g/mol. The SMILES string of the molecule is CNCC(=O)Nc1ccc(I)c(C)n1.Cl. The average molecular weight is 342 g/mol. The highest BCUT2D eigenvalue weighted by Crippen LogP contribution is 2.12. The number of nitrogens with one attached hydrogen (secondary N) is 2. The minimum absolute atomic E-state index is 0. The zero-order valence-corrected chi connectivity index (χ0v) is 11.5. The summed E-state index contributed by atoms with van der Waals surface area (Å²) in [6.45, 7) is 2.21. The van der Waals surface area contributed by atoms with E-state index in [2.05, 4.69) is 38.2 Å². The van der Waals surface area contributed by atoms with Crippen LogP contribution in [0.3, 0.4) is 0 Å². The highest BCUT2D eigenvalue weighted by atomic mass is 127. The zero-order valence-electron chi connectivity index (χ0n) is 8.50. The summed E-state index contributed by atoms with van der Waals surface area (Å²) >= 11 is 2.20. The quantitative estimate of drug-likeness (QED) is 0.821. The summed E-state index contributed by atoms with van der Waals surface area (Å²) in [5.41, 5.74) is 0.924. The highest BCUT2D eigenvalue weighted by molar-refractivity contribution is 14.1. The Morgan fingerprint density at radius 3 is 2.73 bits per heavy atom. The maximum Gasteiger partial charge on any atom is 0.239 e. The van der Waals surface area contributed by atoms with E-state index < -0.39 is 0 Å². The summed E-state index contributed by atoms with van der Waals surface area (Å²) < 4.78 is 1.09. The molecule has 0 atom stereocenters. The van der Waals surface area contributed by atoms with Crippen LogP contribution < -0.4 is 10.6 Å². The number of aryl methyl sites for hydroxylation is 1. The van der Waals surface area contributed by atoms with E-state index >= 15 is 0 Å². The van der Waals surface area contributed by atoms with E-state index in [0.29, 0.717) is 12.4 Å². The number of aromatic nitrogens is 1. The van der Waals surface area contributed by atoms with Crippen molar-refractivity contribution >= 4 is 46.7 Å². The molecule has 84 valence electrons. The molecule has 0 radical (unpaired) electrons. The van der Waals surface area contributed by atoms with Gasteiger partial charge in [-0.15, -0.1) is 12.4 Å². The second-order valence-corrected chi connectivity index (χ2v) is 4.00. The van der Waals surface area contributed by atoms with Crippen LogP contribution in [0.15, 0.2) is 12.1 Å². The van der Waals surface area contributed by atoms with Crippen LogP contribution in [-0.4, -0.2) is 24.5 Å². The number of carbonyl (C=O) groups is 1. The number of anilines is 1. The molecule has 0 fully saturated rings. The summed E-state index contributed by atoms with van der Waals surface area (Å²) in [5, 5.41) is 5.47. The summed E-state index contributed by atoms with van der Waals surface area (Å²) in [7, 11) is 1.73. The van der Waals surface area contributed by atoms with Gasteiger partial charge in [-0.1, -0.05) is 0 Å². The van der Waals surface area contributed by atoms with Gasteiger partial charge in [0.05, 0.1) is 12.2 Å². The maximum atomic E-state index is 11.2. The lowest BCUT2D eigenvalue weighted by Crippen LogP contribution is -2.25. The number of halogens is 2. The average Bonchev–Trinajstić information content (AvgIpc) is 2.12. The molecule has 1 aromatic heterocycles. The molecule has 6 heteroatoms. The van der Waals surface area contributed by atoms with Crippen LogP contribution in [0.5, 0.6) is 0 Å². The van der Waals surface area contributed by atoms with Crippen molar-refractivity contribution in [2.45, 2.75) is 6.92 Å². The van der Waals surface area contributed by atoms with Crippen molar-refractivity contribution in [1.82, 2.24) is 10.3 Å². The Morgan fingerprint density at radius 1 is 1.53 bits per heavy atom. The maximum absolute atomic E-state index is 11.2. The Morgan fingerprint density at radius 2 is 2.20 bits per heavy atom. The van der Waals surface area contributed by atoms with Gasteiger partial charge in [0, 0.05) is 3.57 Å². The number of hydrogen-bond acceptors (Lipinski definition) is 3. The fourth-order valence-electron chi connectivity index (χ4n) is 0.961. The van der Waals surface area contributed by atoms with Crippen LogP contribution in [0.4, 0.5) is 5.82 Å². The van der Waals surface area contributed by atoms with Gasteiger partial charge in [-0.2, -0.15) is 0 Å². The van der Waals surface area contributed by atoms with Crippen LogP contribution in [0.1, 0.15) is 5.69 Å². The second kappa shape index (κ2) is 6.97. The van der Waals surface area contributed by atoms with Crippen LogP contribution in [0, 0.1) is 10.5 Å². The van der Waals surface area contributed by atoms with Crippen LogP contribution >= 0.6 is 35.0 Å². The lowest BCUT2D eigenvalue weighted by Gasteiger charge is -2.05. The summed E-state index contributed by atoms with van der Waals surface area (Å²) in [6, 6.07) is 3.72. The normalized spacial score (nSPS) is 9.27. The number of nitrogens with zero attached hydrogens (tertiary/aromatic N) is 1. The fourth-order valence-corrected chi connectivity index (χ4v) is 1.26. The van der Waals surface area contributed by atoms with Gasteiger partial charge in [0.1, 0.15) is 5.82 Å². The Hall–Kier alpha value is -0.400. The van der Waals surface area contributed by atoms with E-state index in [0.717, 1.165) is 9.26 Å². The van der Waals surface area contributed by atoms with Crippen LogP contribution in [-0.2, 0) is 4.79 Å². The first kappa shape index (κ1) is 14.6.